The van der Waals surface area contributed by atoms with Crippen molar-refractivity contribution in [2.75, 3.05) is 32.8 Å². The number of nitrogens with one attached hydrogen (secondary N) is 2. The fourth-order valence-corrected chi connectivity index (χ4v) is 2.88. The summed E-state index contributed by atoms with van der Waals surface area (Å²) in [5.74, 6) is 0. The van der Waals surface area contributed by atoms with Crippen LogP contribution in [0, 0.1) is 0 Å². The molecule has 1 aliphatic rings. The zero-order chi connectivity index (χ0) is 15.5. The Morgan fingerprint density at radius 3 is 2.52 bits per heavy atom. The molecule has 0 spiro atoms. The van der Waals surface area contributed by atoms with Gasteiger partial charge in [-0.3, -0.25) is 10.00 Å². The monoisotopic (exact) mass is 294 g/mol. The van der Waals surface area contributed by atoms with Gasteiger partial charge in [0.2, 0.25) is 0 Å². The van der Waals surface area contributed by atoms with E-state index in [0.29, 0.717) is 0 Å². The summed E-state index contributed by atoms with van der Waals surface area (Å²) in [6.07, 6.45) is 1.94. The molecule has 0 amide bonds. The number of aromatic amines is 1. The van der Waals surface area contributed by atoms with E-state index in [-0.39, 0.29) is 11.0 Å². The maximum absolute atomic E-state index is 5.44. The minimum Gasteiger partial charge on any atom is -0.379 e. The smallest absolute Gasteiger partial charge is 0.0594 e. The van der Waals surface area contributed by atoms with E-state index in [9.17, 15) is 0 Å². The van der Waals surface area contributed by atoms with E-state index in [0.717, 1.165) is 39.4 Å². The minimum absolute atomic E-state index is 0.104. The van der Waals surface area contributed by atoms with Crippen LogP contribution in [0.2, 0.25) is 0 Å². The number of hydrogen-bond donors (Lipinski definition) is 2. The zero-order valence-electron chi connectivity index (χ0n) is 14.1. The van der Waals surface area contributed by atoms with Gasteiger partial charge in [-0.1, -0.05) is 20.8 Å². The van der Waals surface area contributed by atoms with Crippen LogP contribution in [0.25, 0.3) is 0 Å². The van der Waals surface area contributed by atoms with E-state index < -0.39 is 0 Å². The molecule has 1 aromatic heterocycles. The summed E-state index contributed by atoms with van der Waals surface area (Å²) >= 11 is 0. The van der Waals surface area contributed by atoms with Gasteiger partial charge in [0.05, 0.1) is 19.4 Å². The van der Waals surface area contributed by atoms with Gasteiger partial charge in [0.1, 0.15) is 0 Å². The van der Waals surface area contributed by atoms with Gasteiger partial charge in [-0.25, -0.2) is 0 Å². The highest BCUT2D eigenvalue weighted by molar-refractivity contribution is 5.23. The molecule has 0 aromatic carbocycles. The summed E-state index contributed by atoms with van der Waals surface area (Å²) in [4.78, 5) is 2.50. The van der Waals surface area contributed by atoms with Gasteiger partial charge in [0.25, 0.3) is 0 Å². The van der Waals surface area contributed by atoms with Gasteiger partial charge in [0.15, 0.2) is 0 Å². The van der Waals surface area contributed by atoms with E-state index in [1.807, 2.05) is 6.20 Å². The van der Waals surface area contributed by atoms with Gasteiger partial charge in [0, 0.05) is 48.4 Å². The van der Waals surface area contributed by atoms with Crippen LogP contribution in [-0.2, 0) is 16.7 Å². The molecular weight excluding hydrogens is 264 g/mol. The van der Waals surface area contributed by atoms with Crippen LogP contribution in [0.4, 0.5) is 0 Å². The lowest BCUT2D eigenvalue weighted by molar-refractivity contribution is -0.00967. The lowest BCUT2D eigenvalue weighted by atomic mass is 9.89. The Balaban J connectivity index is 1.87. The van der Waals surface area contributed by atoms with Crippen molar-refractivity contribution in [2.24, 2.45) is 0 Å². The Morgan fingerprint density at radius 1 is 1.24 bits per heavy atom. The summed E-state index contributed by atoms with van der Waals surface area (Å²) in [5.41, 5.74) is 2.74. The normalized spacial score (nSPS) is 18.1. The molecular formula is C16H30N4O. The Labute approximate surface area is 128 Å². The maximum atomic E-state index is 5.44. The highest BCUT2D eigenvalue weighted by Crippen LogP contribution is 2.23. The molecule has 120 valence electrons. The van der Waals surface area contributed by atoms with Crippen molar-refractivity contribution in [2.45, 2.75) is 52.1 Å². The van der Waals surface area contributed by atoms with Gasteiger partial charge < -0.3 is 10.1 Å². The third-order valence-electron chi connectivity index (χ3n) is 4.21. The molecule has 0 aliphatic carbocycles. The average molecular weight is 294 g/mol. The number of ether oxygens (including phenoxy) is 1. The van der Waals surface area contributed by atoms with Gasteiger partial charge in [-0.05, 0) is 13.8 Å². The lowest BCUT2D eigenvalue weighted by Gasteiger charge is -2.41. The van der Waals surface area contributed by atoms with Crippen LogP contribution in [0.15, 0.2) is 6.20 Å². The Kier molecular flexibility index (Phi) is 5.07. The summed E-state index contributed by atoms with van der Waals surface area (Å²) in [6, 6.07) is 0. The molecule has 1 aromatic rings. The molecule has 5 heteroatoms. The molecule has 2 heterocycles. The second-order valence-corrected chi connectivity index (χ2v) is 7.54. The number of morpholine rings is 1. The molecule has 2 rings (SSSR count). The molecule has 1 fully saturated rings. The Hall–Kier alpha value is -0.910. The summed E-state index contributed by atoms with van der Waals surface area (Å²) in [5, 5.41) is 10.9. The van der Waals surface area contributed by atoms with E-state index in [2.05, 4.69) is 55.0 Å². The highest BCUT2D eigenvalue weighted by Gasteiger charge is 2.28. The van der Waals surface area contributed by atoms with E-state index in [1.54, 1.807) is 0 Å². The van der Waals surface area contributed by atoms with Crippen molar-refractivity contribution in [1.82, 2.24) is 20.4 Å². The third kappa shape index (κ3) is 4.28. The first-order valence-corrected chi connectivity index (χ1v) is 7.87. The van der Waals surface area contributed by atoms with Crippen molar-refractivity contribution in [3.05, 3.63) is 17.5 Å². The summed E-state index contributed by atoms with van der Waals surface area (Å²) in [7, 11) is 0. The van der Waals surface area contributed by atoms with Crippen molar-refractivity contribution >= 4 is 0 Å². The molecule has 0 unspecified atom stereocenters. The molecule has 0 bridgehead atoms. The first kappa shape index (κ1) is 16.5. The summed E-state index contributed by atoms with van der Waals surface area (Å²) in [6.45, 7) is 16.8. The first-order chi connectivity index (χ1) is 9.81. The molecule has 2 N–H and O–H groups in total. The third-order valence-corrected chi connectivity index (χ3v) is 4.21. The molecule has 5 nitrogen and oxygen atoms in total. The largest absolute Gasteiger partial charge is 0.379 e. The first-order valence-electron chi connectivity index (χ1n) is 7.87. The molecule has 21 heavy (non-hydrogen) atoms. The average Bonchev–Trinajstić information content (AvgIpc) is 2.88. The number of aromatic nitrogens is 2. The molecule has 1 aliphatic heterocycles. The van der Waals surface area contributed by atoms with E-state index >= 15 is 0 Å². The fraction of sp³-hybridized carbons (Fsp3) is 0.812. The quantitative estimate of drug-likeness (QED) is 0.871. The highest BCUT2D eigenvalue weighted by atomic mass is 16.5. The van der Waals surface area contributed by atoms with Crippen LogP contribution >= 0.6 is 0 Å². The van der Waals surface area contributed by atoms with Crippen molar-refractivity contribution < 1.29 is 4.74 Å². The topological polar surface area (TPSA) is 53.2 Å². The Morgan fingerprint density at radius 2 is 1.90 bits per heavy atom. The number of H-pyrrole nitrogens is 1. The SMILES string of the molecule is CC(C)(C)c1[nH]ncc1CNCC(C)(C)N1CCOCC1. The molecule has 0 saturated carbocycles. The van der Waals surface area contributed by atoms with Crippen molar-refractivity contribution in [1.29, 1.82) is 0 Å². The van der Waals surface area contributed by atoms with Crippen LogP contribution in [0.1, 0.15) is 45.9 Å². The predicted molar refractivity (Wildman–Crippen MR) is 85.5 cm³/mol. The van der Waals surface area contributed by atoms with Crippen LogP contribution in [-0.4, -0.2) is 53.5 Å². The second-order valence-electron chi connectivity index (χ2n) is 7.54. The lowest BCUT2D eigenvalue weighted by Crippen LogP contribution is -2.54. The van der Waals surface area contributed by atoms with Gasteiger partial charge in [-0.15, -0.1) is 0 Å². The predicted octanol–water partition coefficient (Wildman–Crippen LogP) is 1.91. The zero-order valence-corrected chi connectivity index (χ0v) is 14.1. The second kappa shape index (κ2) is 6.46. The molecule has 0 atom stereocenters. The Bertz CT molecular complexity index is 441. The van der Waals surface area contributed by atoms with Crippen molar-refractivity contribution in [3.8, 4) is 0 Å². The van der Waals surface area contributed by atoms with E-state index in [1.165, 1.54) is 11.3 Å². The number of rotatable bonds is 5. The summed E-state index contributed by atoms with van der Waals surface area (Å²) < 4.78 is 5.44. The van der Waals surface area contributed by atoms with Crippen LogP contribution in [0.3, 0.4) is 0 Å². The molecule has 0 radical (unpaired) electrons. The van der Waals surface area contributed by atoms with Gasteiger partial charge >= 0.3 is 0 Å². The molecule has 1 saturated heterocycles. The van der Waals surface area contributed by atoms with E-state index in [4.69, 9.17) is 4.74 Å². The van der Waals surface area contributed by atoms with Gasteiger partial charge in [-0.2, -0.15) is 5.10 Å². The standard InChI is InChI=1S/C16H30N4O/c1-15(2,3)14-13(11-18-19-14)10-17-12-16(4,5)20-6-8-21-9-7-20/h11,17H,6-10,12H2,1-5H3,(H,18,19). The maximum Gasteiger partial charge on any atom is 0.0594 e. The fourth-order valence-electron chi connectivity index (χ4n) is 2.88. The minimum atomic E-state index is 0.104. The number of nitrogens with zero attached hydrogens (tertiary/aromatic N) is 2. The van der Waals surface area contributed by atoms with Crippen LogP contribution in [0.5, 0.6) is 0 Å². The van der Waals surface area contributed by atoms with Crippen LogP contribution < -0.4 is 5.32 Å². The number of hydrogen-bond acceptors (Lipinski definition) is 4. The van der Waals surface area contributed by atoms with Crippen molar-refractivity contribution in [3.63, 3.8) is 0 Å².